The van der Waals surface area contributed by atoms with E-state index < -0.39 is 0 Å². The van der Waals surface area contributed by atoms with E-state index in [9.17, 15) is 10.2 Å². The van der Waals surface area contributed by atoms with Crippen LogP contribution in [-0.2, 0) is 5.41 Å². The monoisotopic (exact) mass is 568 g/mol. The number of ether oxygens (including phenoxy) is 2. The summed E-state index contributed by atoms with van der Waals surface area (Å²) in [5.41, 5.74) is 6.02. The molecule has 6 aromatic carbocycles. The van der Waals surface area contributed by atoms with Crippen LogP contribution in [0.25, 0.3) is 43.8 Å². The van der Waals surface area contributed by atoms with Gasteiger partial charge in [0.25, 0.3) is 0 Å². The van der Waals surface area contributed by atoms with Gasteiger partial charge in [-0.1, -0.05) is 98.8 Å². The minimum absolute atomic E-state index is 0.0490. The van der Waals surface area contributed by atoms with Crippen molar-refractivity contribution in [3.05, 3.63) is 132 Å². The molecule has 0 bridgehead atoms. The van der Waals surface area contributed by atoms with Crippen molar-refractivity contribution >= 4 is 21.5 Å². The molecule has 0 unspecified atom stereocenters. The first kappa shape index (κ1) is 28.5. The molecule has 0 aromatic heterocycles. The highest BCUT2D eigenvalue weighted by atomic mass is 16.5. The molecule has 4 nitrogen and oxygen atoms in total. The Labute approximate surface area is 252 Å². The van der Waals surface area contributed by atoms with Crippen LogP contribution in [-0.4, -0.2) is 36.6 Å². The standard InChI is InChI=1S/C39H36O4/c1-39(2,33-15-17-37(42-21-19-40)35(25-33)31-13-11-27-7-3-5-9-29(27)23-31)34-16-18-38(43-22-20-41)36(26-34)32-14-12-28-8-4-6-10-30(28)24-32/h3-18,23-26,40-41H,19-22H2,1-2H3. The average molecular weight is 569 g/mol. The fraction of sp³-hybridized carbons (Fsp3) is 0.179. The van der Waals surface area contributed by atoms with Crippen molar-refractivity contribution < 1.29 is 19.7 Å². The van der Waals surface area contributed by atoms with Gasteiger partial charge in [-0.3, -0.25) is 0 Å². The fourth-order valence-electron chi connectivity index (χ4n) is 5.73. The molecule has 6 aromatic rings. The lowest BCUT2D eigenvalue weighted by Crippen LogP contribution is -2.19. The van der Waals surface area contributed by atoms with Crippen LogP contribution >= 0.6 is 0 Å². The SMILES string of the molecule is CC(C)(c1ccc(OCCO)c(-c2ccc3ccccc3c2)c1)c1ccc(OCCO)c(-c2ccc3ccccc3c2)c1. The number of fused-ring (bicyclic) bond motifs is 2. The second kappa shape index (κ2) is 12.3. The second-order valence-electron chi connectivity index (χ2n) is 11.3. The van der Waals surface area contributed by atoms with Gasteiger partial charge in [-0.25, -0.2) is 0 Å². The Hall–Kier alpha value is -4.64. The molecule has 0 atom stereocenters. The lowest BCUT2D eigenvalue weighted by molar-refractivity contribution is 0.202. The number of rotatable bonds is 10. The second-order valence-corrected chi connectivity index (χ2v) is 11.3. The summed E-state index contributed by atoms with van der Waals surface area (Å²) in [5, 5.41) is 23.6. The van der Waals surface area contributed by atoms with Gasteiger partial charge in [0.1, 0.15) is 24.7 Å². The normalized spacial score (nSPS) is 11.6. The predicted octanol–water partition coefficient (Wildman–Crippen LogP) is 8.40. The molecule has 0 radical (unpaired) electrons. The van der Waals surface area contributed by atoms with Gasteiger partial charge in [-0.2, -0.15) is 0 Å². The Morgan fingerprint density at radius 1 is 0.488 bits per heavy atom. The summed E-state index contributed by atoms with van der Waals surface area (Å²) in [4.78, 5) is 0. The highest BCUT2D eigenvalue weighted by molar-refractivity contribution is 5.89. The lowest BCUT2D eigenvalue weighted by Gasteiger charge is -2.28. The molecular formula is C39H36O4. The van der Waals surface area contributed by atoms with Crippen molar-refractivity contribution in [1.29, 1.82) is 0 Å². The van der Waals surface area contributed by atoms with E-state index in [1.807, 2.05) is 24.3 Å². The largest absolute Gasteiger partial charge is 0.491 e. The quantitative estimate of drug-likeness (QED) is 0.174. The van der Waals surface area contributed by atoms with Gasteiger partial charge in [-0.15, -0.1) is 0 Å². The molecular weight excluding hydrogens is 532 g/mol. The number of aliphatic hydroxyl groups excluding tert-OH is 2. The zero-order valence-electron chi connectivity index (χ0n) is 24.6. The third-order valence-corrected chi connectivity index (χ3v) is 8.22. The molecule has 2 N–H and O–H groups in total. The van der Waals surface area contributed by atoms with Crippen molar-refractivity contribution in [2.75, 3.05) is 26.4 Å². The Morgan fingerprint density at radius 3 is 1.33 bits per heavy atom. The molecule has 6 rings (SSSR count). The number of benzene rings is 6. The summed E-state index contributed by atoms with van der Waals surface area (Å²) in [7, 11) is 0. The van der Waals surface area contributed by atoms with E-state index in [2.05, 4.69) is 111 Å². The first-order chi connectivity index (χ1) is 21.0. The molecule has 0 spiro atoms. The van der Waals surface area contributed by atoms with Gasteiger partial charge in [0.05, 0.1) is 13.2 Å². The number of hydrogen-bond acceptors (Lipinski definition) is 4. The van der Waals surface area contributed by atoms with Crippen molar-refractivity contribution in [3.63, 3.8) is 0 Å². The summed E-state index contributed by atoms with van der Waals surface area (Å²) in [6.45, 7) is 4.82. The van der Waals surface area contributed by atoms with Gasteiger partial charge in [0, 0.05) is 16.5 Å². The van der Waals surface area contributed by atoms with Crippen LogP contribution in [0.1, 0.15) is 25.0 Å². The summed E-state index contributed by atoms with van der Waals surface area (Å²) >= 11 is 0. The molecule has 0 fully saturated rings. The molecule has 0 saturated heterocycles. The van der Waals surface area contributed by atoms with Gasteiger partial charge in [0.2, 0.25) is 0 Å². The molecule has 0 heterocycles. The van der Waals surface area contributed by atoms with Gasteiger partial charge in [0.15, 0.2) is 0 Å². The van der Waals surface area contributed by atoms with E-state index in [0.717, 1.165) is 55.7 Å². The molecule has 0 aliphatic rings. The molecule has 0 aliphatic heterocycles. The zero-order valence-corrected chi connectivity index (χ0v) is 24.6. The summed E-state index contributed by atoms with van der Waals surface area (Å²) in [5.74, 6) is 1.49. The average Bonchev–Trinajstić information content (AvgIpc) is 3.05. The van der Waals surface area contributed by atoms with Gasteiger partial charge >= 0.3 is 0 Å². The Balaban J connectivity index is 1.45. The Kier molecular flexibility index (Phi) is 8.15. The van der Waals surface area contributed by atoms with E-state index >= 15 is 0 Å². The van der Waals surface area contributed by atoms with Crippen molar-refractivity contribution in [1.82, 2.24) is 0 Å². The minimum atomic E-state index is -0.359. The molecule has 0 saturated carbocycles. The fourth-order valence-corrected chi connectivity index (χ4v) is 5.73. The molecule has 216 valence electrons. The van der Waals surface area contributed by atoms with Gasteiger partial charge < -0.3 is 19.7 Å². The lowest BCUT2D eigenvalue weighted by atomic mass is 9.76. The van der Waals surface area contributed by atoms with E-state index in [-0.39, 0.29) is 31.8 Å². The zero-order chi connectivity index (χ0) is 29.8. The first-order valence-electron chi connectivity index (χ1n) is 14.7. The van der Waals surface area contributed by atoms with Crippen molar-refractivity contribution in [2.45, 2.75) is 19.3 Å². The van der Waals surface area contributed by atoms with E-state index in [4.69, 9.17) is 9.47 Å². The van der Waals surface area contributed by atoms with Crippen molar-refractivity contribution in [3.8, 4) is 33.8 Å². The van der Waals surface area contributed by atoms with E-state index in [0.29, 0.717) is 0 Å². The van der Waals surface area contributed by atoms with Crippen LogP contribution in [0.2, 0.25) is 0 Å². The van der Waals surface area contributed by atoms with Gasteiger partial charge in [-0.05, 0) is 80.2 Å². The minimum Gasteiger partial charge on any atom is -0.491 e. The molecule has 0 amide bonds. The van der Waals surface area contributed by atoms with Crippen LogP contribution in [0.5, 0.6) is 11.5 Å². The molecule has 4 heteroatoms. The van der Waals surface area contributed by atoms with E-state index in [1.165, 1.54) is 10.8 Å². The molecule has 0 aliphatic carbocycles. The van der Waals surface area contributed by atoms with Crippen LogP contribution in [0, 0.1) is 0 Å². The highest BCUT2D eigenvalue weighted by Gasteiger charge is 2.26. The van der Waals surface area contributed by atoms with Crippen LogP contribution < -0.4 is 9.47 Å². The smallest absolute Gasteiger partial charge is 0.127 e. The van der Waals surface area contributed by atoms with Crippen LogP contribution in [0.3, 0.4) is 0 Å². The summed E-state index contributed by atoms with van der Waals surface area (Å²) in [6.07, 6.45) is 0. The maximum Gasteiger partial charge on any atom is 0.127 e. The van der Waals surface area contributed by atoms with Crippen molar-refractivity contribution in [2.24, 2.45) is 0 Å². The summed E-state index contributed by atoms with van der Waals surface area (Å²) < 4.78 is 12.0. The third-order valence-electron chi connectivity index (χ3n) is 8.22. The Morgan fingerprint density at radius 2 is 0.907 bits per heavy atom. The van der Waals surface area contributed by atoms with E-state index in [1.54, 1.807) is 0 Å². The number of hydrogen-bond donors (Lipinski definition) is 2. The predicted molar refractivity (Wildman–Crippen MR) is 176 cm³/mol. The third kappa shape index (κ3) is 5.85. The van der Waals surface area contributed by atoms with Crippen LogP contribution in [0.15, 0.2) is 121 Å². The highest BCUT2D eigenvalue weighted by Crippen LogP contribution is 2.42. The van der Waals surface area contributed by atoms with Crippen LogP contribution in [0.4, 0.5) is 0 Å². The first-order valence-corrected chi connectivity index (χ1v) is 14.7. The topological polar surface area (TPSA) is 58.9 Å². The maximum absolute atomic E-state index is 9.47. The maximum atomic E-state index is 9.47. The number of aliphatic hydroxyl groups is 2. The Bertz CT molecular complexity index is 1750. The summed E-state index contributed by atoms with van der Waals surface area (Å²) in [6, 6.07) is 42.3. The molecule has 43 heavy (non-hydrogen) atoms.